The first-order chi connectivity index (χ1) is 9.76. The third-order valence-electron chi connectivity index (χ3n) is 2.72. The Kier molecular flexibility index (Phi) is 8.42. The second kappa shape index (κ2) is 10.2. The van der Waals surface area contributed by atoms with E-state index in [1.807, 2.05) is 44.2 Å². The van der Waals surface area contributed by atoms with Gasteiger partial charge in [0.25, 0.3) is 0 Å². The first kappa shape index (κ1) is 16.5. The average Bonchev–Trinajstić information content (AvgIpc) is 2.49. The maximum Gasteiger partial charge on any atom is 0.407 e. The van der Waals surface area contributed by atoms with E-state index in [-0.39, 0.29) is 12.6 Å². The predicted molar refractivity (Wildman–Crippen MR) is 78.6 cm³/mol. The standard InChI is InChI=1S/C15H24N2O3/c1-3-16-14(12-19-4-2)10-17-15(18)20-11-13-8-6-5-7-9-13/h5-9,14,16H,3-4,10-12H2,1-2H3,(H,17,18)/t14-/m0/s1. The van der Waals surface area contributed by atoms with Gasteiger partial charge in [0.1, 0.15) is 6.61 Å². The van der Waals surface area contributed by atoms with Crippen LogP contribution in [0.15, 0.2) is 30.3 Å². The number of hydrogen-bond donors (Lipinski definition) is 2. The van der Waals surface area contributed by atoms with E-state index in [2.05, 4.69) is 10.6 Å². The molecule has 0 spiro atoms. The number of rotatable bonds is 9. The van der Waals surface area contributed by atoms with Crippen LogP contribution >= 0.6 is 0 Å². The van der Waals surface area contributed by atoms with Gasteiger partial charge in [0.15, 0.2) is 0 Å². The summed E-state index contributed by atoms with van der Waals surface area (Å²) in [6.07, 6.45) is -0.409. The molecule has 1 aromatic carbocycles. The molecule has 1 rings (SSSR count). The number of ether oxygens (including phenoxy) is 2. The number of nitrogens with one attached hydrogen (secondary N) is 2. The summed E-state index contributed by atoms with van der Waals surface area (Å²) in [6.45, 7) is 6.81. The van der Waals surface area contributed by atoms with Crippen LogP contribution in [0.5, 0.6) is 0 Å². The molecule has 0 heterocycles. The molecule has 0 aliphatic heterocycles. The van der Waals surface area contributed by atoms with Crippen molar-refractivity contribution in [3.8, 4) is 0 Å². The number of carbonyl (C=O) groups is 1. The molecule has 0 unspecified atom stereocenters. The van der Waals surface area contributed by atoms with Gasteiger partial charge >= 0.3 is 6.09 Å². The van der Waals surface area contributed by atoms with Crippen molar-refractivity contribution >= 4 is 6.09 Å². The van der Waals surface area contributed by atoms with E-state index in [1.165, 1.54) is 0 Å². The third-order valence-corrected chi connectivity index (χ3v) is 2.72. The van der Waals surface area contributed by atoms with Gasteiger partial charge in [-0.3, -0.25) is 0 Å². The fraction of sp³-hybridized carbons (Fsp3) is 0.533. The third kappa shape index (κ3) is 7.11. The van der Waals surface area contributed by atoms with Crippen LogP contribution in [0.3, 0.4) is 0 Å². The normalized spacial score (nSPS) is 11.9. The van der Waals surface area contributed by atoms with Gasteiger partial charge in [-0.05, 0) is 19.0 Å². The summed E-state index contributed by atoms with van der Waals surface area (Å²) in [5, 5.41) is 5.99. The van der Waals surface area contributed by atoms with E-state index >= 15 is 0 Å². The molecule has 20 heavy (non-hydrogen) atoms. The van der Waals surface area contributed by atoms with E-state index in [0.29, 0.717) is 19.8 Å². The Hall–Kier alpha value is -1.59. The lowest BCUT2D eigenvalue weighted by Gasteiger charge is -2.18. The van der Waals surface area contributed by atoms with Crippen molar-refractivity contribution in [2.45, 2.75) is 26.5 Å². The number of carbonyl (C=O) groups excluding carboxylic acids is 1. The number of amides is 1. The quantitative estimate of drug-likeness (QED) is 0.725. The highest BCUT2D eigenvalue weighted by molar-refractivity contribution is 5.67. The van der Waals surface area contributed by atoms with E-state index in [4.69, 9.17) is 9.47 Å². The number of benzene rings is 1. The molecule has 112 valence electrons. The van der Waals surface area contributed by atoms with Crippen LogP contribution in [0.25, 0.3) is 0 Å². The molecule has 0 bridgehead atoms. The molecular formula is C15H24N2O3. The largest absolute Gasteiger partial charge is 0.445 e. The molecule has 0 aromatic heterocycles. The van der Waals surface area contributed by atoms with Crippen LogP contribution in [0.4, 0.5) is 4.79 Å². The van der Waals surface area contributed by atoms with Gasteiger partial charge in [-0.2, -0.15) is 0 Å². The van der Waals surface area contributed by atoms with Crippen molar-refractivity contribution < 1.29 is 14.3 Å². The van der Waals surface area contributed by atoms with Crippen LogP contribution in [0.2, 0.25) is 0 Å². The number of alkyl carbamates (subject to hydrolysis) is 1. The van der Waals surface area contributed by atoms with Gasteiger partial charge in [0.2, 0.25) is 0 Å². The summed E-state index contributed by atoms with van der Waals surface area (Å²) < 4.78 is 10.5. The van der Waals surface area contributed by atoms with E-state index in [0.717, 1.165) is 12.1 Å². The van der Waals surface area contributed by atoms with Gasteiger partial charge in [0, 0.05) is 19.2 Å². The van der Waals surface area contributed by atoms with Crippen molar-refractivity contribution in [1.29, 1.82) is 0 Å². The molecule has 1 aromatic rings. The fourth-order valence-electron chi connectivity index (χ4n) is 1.72. The lowest BCUT2D eigenvalue weighted by molar-refractivity contribution is 0.116. The average molecular weight is 280 g/mol. The molecule has 0 fully saturated rings. The van der Waals surface area contributed by atoms with Crippen LogP contribution in [0, 0.1) is 0 Å². The second-order valence-corrected chi connectivity index (χ2v) is 4.36. The van der Waals surface area contributed by atoms with Crippen LogP contribution in [-0.2, 0) is 16.1 Å². The van der Waals surface area contributed by atoms with Crippen molar-refractivity contribution in [3.63, 3.8) is 0 Å². The molecule has 0 aliphatic carbocycles. The summed E-state index contributed by atoms with van der Waals surface area (Å²) >= 11 is 0. The smallest absolute Gasteiger partial charge is 0.407 e. The molecule has 5 nitrogen and oxygen atoms in total. The first-order valence-electron chi connectivity index (χ1n) is 7.02. The minimum atomic E-state index is -0.409. The molecule has 5 heteroatoms. The minimum absolute atomic E-state index is 0.101. The maximum atomic E-state index is 11.6. The highest BCUT2D eigenvalue weighted by Crippen LogP contribution is 2.00. The second-order valence-electron chi connectivity index (χ2n) is 4.36. The van der Waals surface area contributed by atoms with Crippen LogP contribution in [-0.4, -0.2) is 38.4 Å². The SMILES string of the molecule is CCN[C@@H](CNC(=O)OCc1ccccc1)COCC. The topological polar surface area (TPSA) is 59.6 Å². The Morgan fingerprint density at radius 2 is 2.00 bits per heavy atom. The van der Waals surface area contributed by atoms with Gasteiger partial charge in [-0.15, -0.1) is 0 Å². The van der Waals surface area contributed by atoms with Gasteiger partial charge < -0.3 is 20.1 Å². The summed E-state index contributed by atoms with van der Waals surface area (Å²) in [5.74, 6) is 0. The molecule has 0 saturated heterocycles. The van der Waals surface area contributed by atoms with E-state index < -0.39 is 6.09 Å². The van der Waals surface area contributed by atoms with Crippen LogP contribution < -0.4 is 10.6 Å². The zero-order valence-electron chi connectivity index (χ0n) is 12.2. The van der Waals surface area contributed by atoms with Crippen molar-refractivity contribution in [1.82, 2.24) is 10.6 Å². The maximum absolute atomic E-state index is 11.6. The Balaban J connectivity index is 2.23. The van der Waals surface area contributed by atoms with Gasteiger partial charge in [0.05, 0.1) is 6.61 Å². The Labute approximate surface area is 120 Å². The summed E-state index contributed by atoms with van der Waals surface area (Å²) in [5.41, 5.74) is 0.972. The van der Waals surface area contributed by atoms with Crippen molar-refractivity contribution in [2.75, 3.05) is 26.3 Å². The van der Waals surface area contributed by atoms with Crippen LogP contribution in [0.1, 0.15) is 19.4 Å². The molecule has 0 saturated carbocycles. The first-order valence-corrected chi connectivity index (χ1v) is 7.02. The molecule has 0 radical (unpaired) electrons. The molecule has 2 N–H and O–H groups in total. The zero-order chi connectivity index (χ0) is 14.6. The Morgan fingerprint density at radius 1 is 1.25 bits per heavy atom. The molecular weight excluding hydrogens is 256 g/mol. The summed E-state index contributed by atoms with van der Waals surface area (Å²) in [7, 11) is 0. The Bertz CT molecular complexity index is 371. The van der Waals surface area contributed by atoms with Crippen molar-refractivity contribution in [2.24, 2.45) is 0 Å². The van der Waals surface area contributed by atoms with E-state index in [9.17, 15) is 4.79 Å². The monoisotopic (exact) mass is 280 g/mol. The van der Waals surface area contributed by atoms with E-state index in [1.54, 1.807) is 0 Å². The van der Waals surface area contributed by atoms with Gasteiger partial charge in [-0.25, -0.2) is 4.79 Å². The fourth-order valence-corrected chi connectivity index (χ4v) is 1.72. The predicted octanol–water partition coefficient (Wildman–Crippen LogP) is 1.93. The Morgan fingerprint density at radius 3 is 2.65 bits per heavy atom. The zero-order valence-corrected chi connectivity index (χ0v) is 12.2. The number of likely N-dealkylation sites (N-methyl/N-ethyl adjacent to an activating group) is 1. The highest BCUT2D eigenvalue weighted by Gasteiger charge is 2.10. The highest BCUT2D eigenvalue weighted by atomic mass is 16.5. The summed E-state index contributed by atoms with van der Waals surface area (Å²) in [6, 6.07) is 9.70. The van der Waals surface area contributed by atoms with Gasteiger partial charge in [-0.1, -0.05) is 37.3 Å². The molecule has 1 amide bonds. The number of hydrogen-bond acceptors (Lipinski definition) is 4. The molecule has 1 atom stereocenters. The summed E-state index contributed by atoms with van der Waals surface area (Å²) in [4.78, 5) is 11.6. The lowest BCUT2D eigenvalue weighted by atomic mass is 10.2. The van der Waals surface area contributed by atoms with Crippen molar-refractivity contribution in [3.05, 3.63) is 35.9 Å². The lowest BCUT2D eigenvalue weighted by Crippen LogP contribution is -2.43. The molecule has 0 aliphatic rings. The minimum Gasteiger partial charge on any atom is -0.445 e.